The van der Waals surface area contributed by atoms with E-state index in [1.807, 2.05) is 18.2 Å². The van der Waals surface area contributed by atoms with Crippen LogP contribution in [0.5, 0.6) is 0 Å². The molecule has 3 nitrogen and oxygen atoms in total. The number of fused-ring (bicyclic) bond motifs is 1. The van der Waals surface area contributed by atoms with Crippen molar-refractivity contribution in [1.29, 1.82) is 5.26 Å². The predicted molar refractivity (Wildman–Crippen MR) is 77.0 cm³/mol. The van der Waals surface area contributed by atoms with Gasteiger partial charge in [0.05, 0.1) is 0 Å². The topological polar surface area (TPSA) is 56.6 Å². The second-order valence-corrected chi connectivity index (χ2v) is 5.38. The third-order valence-corrected chi connectivity index (χ3v) is 3.77. The van der Waals surface area contributed by atoms with Gasteiger partial charge in [-0.05, 0) is 18.2 Å². The van der Waals surface area contributed by atoms with Crippen molar-refractivity contribution in [3.8, 4) is 5.97 Å². The molecule has 0 spiro atoms. The van der Waals surface area contributed by atoms with Gasteiger partial charge in [0.15, 0.2) is 5.78 Å². The van der Waals surface area contributed by atoms with Crippen molar-refractivity contribution in [2.45, 2.75) is 19.6 Å². The van der Waals surface area contributed by atoms with Crippen molar-refractivity contribution in [2.75, 3.05) is 0 Å². The molecule has 0 radical (unpaired) electrons. The van der Waals surface area contributed by atoms with E-state index in [9.17, 15) is 4.79 Å². The van der Waals surface area contributed by atoms with Gasteiger partial charge in [0.2, 0.25) is 0 Å². The molecule has 2 rings (SSSR count). The molecule has 5 heteroatoms. The molecular weight excluding hydrogens is 291 g/mol. The second kappa shape index (κ2) is 4.99. The average molecular weight is 303 g/mol. The first-order valence-corrected chi connectivity index (χ1v) is 6.54. The first kappa shape index (κ1) is 12.9. The SMILES string of the molecule is CB(C#N)C(C)C(=O)c1c[nH]c2ccc(Br)cc12. The number of Topliss-reactive ketones (excluding diaryl/α,β-unsaturated/α-hetero) is 1. The standard InChI is InChI=1S/C13H12BBrN2O/c1-8(14(2)7-16)13(18)11-6-17-12-4-3-9(15)5-10(11)12/h3-6,8,17H,1-2H3. The van der Waals surface area contributed by atoms with Gasteiger partial charge in [-0.2, -0.15) is 0 Å². The summed E-state index contributed by atoms with van der Waals surface area (Å²) in [5.74, 6) is 1.84. The Morgan fingerprint density at radius 1 is 1.56 bits per heavy atom. The highest BCUT2D eigenvalue weighted by Gasteiger charge is 2.26. The third kappa shape index (κ3) is 2.21. The number of nitrogens with zero attached hydrogens (tertiary/aromatic N) is 1. The van der Waals surface area contributed by atoms with E-state index in [1.165, 1.54) is 0 Å². The lowest BCUT2D eigenvalue weighted by Crippen LogP contribution is -2.20. The van der Waals surface area contributed by atoms with Gasteiger partial charge in [-0.25, -0.2) is 5.26 Å². The minimum absolute atomic E-state index is 0.00778. The van der Waals surface area contributed by atoms with Crippen LogP contribution in [-0.2, 0) is 0 Å². The first-order valence-electron chi connectivity index (χ1n) is 5.75. The molecule has 0 aliphatic rings. The maximum Gasteiger partial charge on any atom is 0.275 e. The van der Waals surface area contributed by atoms with Crippen molar-refractivity contribution in [3.05, 3.63) is 34.4 Å². The molecule has 2 aromatic rings. The van der Waals surface area contributed by atoms with Crippen molar-refractivity contribution in [3.63, 3.8) is 0 Å². The summed E-state index contributed by atoms with van der Waals surface area (Å²) in [5, 5.41) is 9.79. The van der Waals surface area contributed by atoms with E-state index in [1.54, 1.807) is 19.9 Å². The number of nitrogens with one attached hydrogen (secondary N) is 1. The summed E-state index contributed by atoms with van der Waals surface area (Å²) in [6, 6.07) is 5.77. The summed E-state index contributed by atoms with van der Waals surface area (Å²) in [6.45, 7) is 3.29. The van der Waals surface area contributed by atoms with E-state index < -0.39 is 0 Å². The van der Waals surface area contributed by atoms with Gasteiger partial charge in [-0.1, -0.05) is 29.7 Å². The zero-order valence-corrected chi connectivity index (χ0v) is 11.8. The molecule has 90 valence electrons. The van der Waals surface area contributed by atoms with Crippen molar-refractivity contribution >= 4 is 39.3 Å². The Morgan fingerprint density at radius 3 is 2.94 bits per heavy atom. The molecule has 1 atom stereocenters. The average Bonchev–Trinajstić information content (AvgIpc) is 2.78. The highest BCUT2D eigenvalue weighted by atomic mass is 79.9. The fourth-order valence-electron chi connectivity index (χ4n) is 1.88. The molecule has 1 N–H and O–H groups in total. The van der Waals surface area contributed by atoms with E-state index in [4.69, 9.17) is 5.26 Å². The van der Waals surface area contributed by atoms with Crippen LogP contribution in [0.3, 0.4) is 0 Å². The second-order valence-electron chi connectivity index (χ2n) is 4.46. The monoisotopic (exact) mass is 302 g/mol. The van der Waals surface area contributed by atoms with Gasteiger partial charge in [0.25, 0.3) is 6.71 Å². The molecule has 0 aliphatic heterocycles. The van der Waals surface area contributed by atoms with Gasteiger partial charge >= 0.3 is 0 Å². The number of ketones is 1. The fourth-order valence-corrected chi connectivity index (χ4v) is 2.24. The van der Waals surface area contributed by atoms with Crippen LogP contribution in [0.25, 0.3) is 10.9 Å². The largest absolute Gasteiger partial charge is 0.360 e. The zero-order valence-electron chi connectivity index (χ0n) is 10.2. The molecule has 0 amide bonds. The molecule has 0 bridgehead atoms. The summed E-state index contributed by atoms with van der Waals surface area (Å²) in [7, 11) is 0. The Labute approximate surface area is 114 Å². The zero-order chi connectivity index (χ0) is 13.3. The Hall–Kier alpha value is -1.54. The molecule has 1 unspecified atom stereocenters. The summed E-state index contributed by atoms with van der Waals surface area (Å²) in [4.78, 5) is 15.4. The van der Waals surface area contributed by atoms with Gasteiger partial charge in [-0.3, -0.25) is 4.79 Å². The van der Waals surface area contributed by atoms with Crippen molar-refractivity contribution < 1.29 is 4.79 Å². The maximum atomic E-state index is 12.3. The van der Waals surface area contributed by atoms with Crippen LogP contribution in [0.4, 0.5) is 0 Å². The van der Waals surface area contributed by atoms with Crippen LogP contribution in [0.1, 0.15) is 17.3 Å². The van der Waals surface area contributed by atoms with E-state index in [-0.39, 0.29) is 18.3 Å². The number of hydrogen-bond acceptors (Lipinski definition) is 2. The van der Waals surface area contributed by atoms with E-state index in [2.05, 4.69) is 26.9 Å². The molecule has 0 aliphatic carbocycles. The van der Waals surface area contributed by atoms with Crippen LogP contribution in [-0.4, -0.2) is 17.5 Å². The summed E-state index contributed by atoms with van der Waals surface area (Å²) in [6.07, 6.45) is 1.72. The van der Waals surface area contributed by atoms with Crippen LogP contribution < -0.4 is 0 Å². The number of carbonyl (C=O) groups excluding carboxylic acids is 1. The maximum absolute atomic E-state index is 12.3. The van der Waals surface area contributed by atoms with Gasteiger partial charge in [-0.15, -0.1) is 0 Å². The van der Waals surface area contributed by atoms with Crippen LogP contribution >= 0.6 is 15.9 Å². The quantitative estimate of drug-likeness (QED) is 0.694. The number of H-pyrrole nitrogens is 1. The Morgan fingerprint density at radius 2 is 2.28 bits per heavy atom. The molecule has 0 saturated carbocycles. The lowest BCUT2D eigenvalue weighted by molar-refractivity contribution is 0.0989. The normalized spacial score (nSPS) is 12.1. The minimum Gasteiger partial charge on any atom is -0.360 e. The summed E-state index contributed by atoms with van der Waals surface area (Å²) in [5.41, 5.74) is 1.58. The smallest absolute Gasteiger partial charge is 0.275 e. The van der Waals surface area contributed by atoms with Crippen molar-refractivity contribution in [1.82, 2.24) is 4.98 Å². The molecule has 18 heavy (non-hydrogen) atoms. The number of aromatic amines is 1. The van der Waals surface area contributed by atoms with Crippen LogP contribution in [0, 0.1) is 11.2 Å². The third-order valence-electron chi connectivity index (χ3n) is 3.28. The lowest BCUT2D eigenvalue weighted by atomic mass is 9.43. The molecule has 0 fully saturated rings. The molecule has 1 heterocycles. The highest BCUT2D eigenvalue weighted by molar-refractivity contribution is 9.10. The van der Waals surface area contributed by atoms with Crippen LogP contribution in [0.2, 0.25) is 12.6 Å². The van der Waals surface area contributed by atoms with E-state index >= 15 is 0 Å². The highest BCUT2D eigenvalue weighted by Crippen LogP contribution is 2.26. The molecule has 1 aromatic heterocycles. The first-order chi connectivity index (χ1) is 8.54. The number of hydrogen-bond donors (Lipinski definition) is 1. The van der Waals surface area contributed by atoms with Gasteiger partial charge < -0.3 is 4.98 Å². The predicted octanol–water partition coefficient (Wildman–Crippen LogP) is 3.69. The number of carbonyl (C=O) groups is 1. The van der Waals surface area contributed by atoms with Gasteiger partial charge in [0.1, 0.15) is 0 Å². The number of benzene rings is 1. The number of halogens is 1. The molecule has 1 aromatic carbocycles. The summed E-state index contributed by atoms with van der Waals surface area (Å²) < 4.78 is 0.935. The van der Waals surface area contributed by atoms with E-state index in [0.29, 0.717) is 5.56 Å². The number of aromatic nitrogens is 1. The Kier molecular flexibility index (Phi) is 3.58. The Balaban J connectivity index is 2.46. The molecular formula is C13H12BBrN2O. The minimum atomic E-state index is -0.298. The Bertz CT molecular complexity index is 644. The number of rotatable bonds is 3. The molecule has 0 saturated heterocycles. The van der Waals surface area contributed by atoms with Crippen LogP contribution in [0.15, 0.2) is 28.9 Å². The fraction of sp³-hybridized carbons (Fsp3) is 0.231. The van der Waals surface area contributed by atoms with E-state index in [0.717, 1.165) is 15.4 Å². The lowest BCUT2D eigenvalue weighted by Gasteiger charge is -2.08. The number of nitriles is 1. The van der Waals surface area contributed by atoms with Crippen molar-refractivity contribution in [2.24, 2.45) is 0 Å². The van der Waals surface area contributed by atoms with Gasteiger partial charge in [0, 0.05) is 38.9 Å². The summed E-state index contributed by atoms with van der Waals surface area (Å²) >= 11 is 3.40.